The van der Waals surface area contributed by atoms with E-state index in [2.05, 4.69) is 10.3 Å². The molecule has 0 spiro atoms. The lowest BCUT2D eigenvalue weighted by molar-refractivity contribution is -0.234. The number of rotatable bonds is 23. The van der Waals surface area contributed by atoms with Crippen LogP contribution in [0.15, 0.2) is 6.20 Å². The maximum absolute atomic E-state index is 12.6. The minimum Gasteiger partial charge on any atom is -0.481 e. The van der Waals surface area contributed by atoms with Crippen molar-refractivity contribution in [3.05, 3.63) is 11.9 Å². The van der Waals surface area contributed by atoms with Gasteiger partial charge in [-0.15, -0.1) is 5.10 Å². The molecular weight excluding hydrogens is 690 g/mol. The van der Waals surface area contributed by atoms with E-state index in [0.29, 0.717) is 6.42 Å². The number of nitrogens with zero attached hydrogens (tertiary/aromatic N) is 3. The Balaban J connectivity index is 2.16. The van der Waals surface area contributed by atoms with Crippen LogP contribution in [0.1, 0.15) is 132 Å². The van der Waals surface area contributed by atoms with Crippen LogP contribution in [0.4, 0.5) is 0 Å². The van der Waals surface area contributed by atoms with E-state index in [0.717, 1.165) is 44.2 Å². The van der Waals surface area contributed by atoms with Crippen LogP contribution in [0.2, 0.25) is 0 Å². The highest BCUT2D eigenvalue weighted by atomic mass is 16.6. The summed E-state index contributed by atoms with van der Waals surface area (Å²) in [5.74, 6) is -1.99. The smallest absolute Gasteiger partial charge is 0.308 e. The molecule has 1 saturated heterocycles. The summed E-state index contributed by atoms with van der Waals surface area (Å²) < 4.78 is 43.1. The van der Waals surface area contributed by atoms with E-state index in [-0.39, 0.29) is 58.7 Å². The molecule has 0 saturated carbocycles. The van der Waals surface area contributed by atoms with Crippen LogP contribution in [0.25, 0.3) is 0 Å². The van der Waals surface area contributed by atoms with Crippen molar-refractivity contribution in [2.75, 3.05) is 26.4 Å². The van der Waals surface area contributed by atoms with Crippen molar-refractivity contribution in [2.24, 2.45) is 0 Å². The number of carboxylic acids is 1. The van der Waals surface area contributed by atoms with Crippen molar-refractivity contribution in [2.45, 2.75) is 181 Å². The zero-order valence-corrected chi connectivity index (χ0v) is 33.5. The summed E-state index contributed by atoms with van der Waals surface area (Å²) >= 11 is 0. The number of unbranched alkanes of at least 4 members (excludes halogenated alkanes) is 5. The third-order valence-electron chi connectivity index (χ3n) is 7.69. The van der Waals surface area contributed by atoms with Crippen LogP contribution in [-0.2, 0) is 65.3 Å². The van der Waals surface area contributed by atoms with Crippen molar-refractivity contribution in [3.8, 4) is 0 Å². The molecule has 1 aromatic heterocycles. The van der Waals surface area contributed by atoms with Crippen LogP contribution >= 0.6 is 0 Å². The summed E-state index contributed by atoms with van der Waals surface area (Å²) in [6.07, 6.45) is 5.64. The van der Waals surface area contributed by atoms with Gasteiger partial charge in [0.2, 0.25) is 0 Å². The maximum Gasteiger partial charge on any atom is 0.308 e. The second-order valence-corrected chi connectivity index (χ2v) is 16.4. The molecule has 0 bridgehead atoms. The van der Waals surface area contributed by atoms with Crippen LogP contribution in [0.3, 0.4) is 0 Å². The Morgan fingerprint density at radius 1 is 0.698 bits per heavy atom. The minimum atomic E-state index is -0.759. The molecule has 4 atom stereocenters. The molecule has 304 valence electrons. The maximum atomic E-state index is 12.6. The van der Waals surface area contributed by atoms with Gasteiger partial charge in [0.1, 0.15) is 41.2 Å². The van der Waals surface area contributed by atoms with Crippen LogP contribution in [0.5, 0.6) is 0 Å². The zero-order valence-electron chi connectivity index (χ0n) is 33.5. The van der Waals surface area contributed by atoms with Gasteiger partial charge in [-0.3, -0.25) is 19.2 Å². The number of hydrogen-bond donors (Lipinski definition) is 1. The summed E-state index contributed by atoms with van der Waals surface area (Å²) in [5.41, 5.74) is -1.10. The highest BCUT2D eigenvalue weighted by Crippen LogP contribution is 2.26. The summed E-state index contributed by atoms with van der Waals surface area (Å²) in [4.78, 5) is 48.2. The van der Waals surface area contributed by atoms with Gasteiger partial charge in [0.15, 0.2) is 0 Å². The summed E-state index contributed by atoms with van der Waals surface area (Å²) in [6, 6.07) is 0. The van der Waals surface area contributed by atoms with Crippen molar-refractivity contribution in [1.82, 2.24) is 15.0 Å². The third kappa shape index (κ3) is 21.4. The Kier molecular flexibility index (Phi) is 19.4. The molecule has 0 aliphatic carbocycles. The van der Waals surface area contributed by atoms with Crippen molar-refractivity contribution < 1.29 is 57.4 Å². The first kappa shape index (κ1) is 46.0. The number of carboxylic acid groups (broad SMARTS) is 1. The highest BCUT2D eigenvalue weighted by molar-refractivity contribution is 5.70. The minimum absolute atomic E-state index is 0.00884. The van der Waals surface area contributed by atoms with Crippen molar-refractivity contribution >= 4 is 23.9 Å². The van der Waals surface area contributed by atoms with Crippen molar-refractivity contribution in [3.63, 3.8) is 0 Å². The van der Waals surface area contributed by atoms with Gasteiger partial charge >= 0.3 is 23.9 Å². The van der Waals surface area contributed by atoms with Gasteiger partial charge in [-0.25, -0.2) is 4.68 Å². The predicted molar refractivity (Wildman–Crippen MR) is 194 cm³/mol. The Morgan fingerprint density at radius 2 is 1.17 bits per heavy atom. The number of carbonyl (C=O) groups is 4. The first-order valence-corrected chi connectivity index (χ1v) is 18.9. The normalized spacial score (nSPS) is 19.5. The molecule has 15 heteroatoms. The molecule has 53 heavy (non-hydrogen) atoms. The molecule has 1 N–H and O–H groups in total. The van der Waals surface area contributed by atoms with Gasteiger partial charge in [0.05, 0.1) is 57.9 Å². The lowest BCUT2D eigenvalue weighted by Gasteiger charge is -2.42. The van der Waals surface area contributed by atoms with Gasteiger partial charge in [-0.2, -0.15) is 0 Å². The number of aliphatic carboxylic acids is 1. The quantitative estimate of drug-likeness (QED) is 0.0852. The van der Waals surface area contributed by atoms with Gasteiger partial charge in [-0.1, -0.05) is 30.9 Å². The highest BCUT2D eigenvalue weighted by Gasteiger charge is 2.43. The van der Waals surface area contributed by atoms with Gasteiger partial charge in [0.25, 0.3) is 0 Å². The SMILES string of the molecule is CC(C)(C)OC(=O)CCO[C@H]1[C@H](OCCC(=O)OC(C)(C)C)[C@@H](Cn2cc(CCCCCCCCC(=O)O)nn2)OC[C@@H]1OCCC(=O)OC(C)(C)C. The number of aryl methyl sites for hydroxylation is 1. The Hall–Kier alpha value is -3.14. The van der Waals surface area contributed by atoms with Crippen LogP contribution in [-0.4, -0.2) is 112 Å². The molecule has 2 rings (SSSR count). The number of aromatic nitrogens is 3. The number of ether oxygens (including phenoxy) is 7. The molecular formula is C38H65N3O12. The fourth-order valence-corrected chi connectivity index (χ4v) is 5.58. The zero-order chi connectivity index (χ0) is 39.7. The Labute approximate surface area is 315 Å². The van der Waals surface area contributed by atoms with Gasteiger partial charge in [0, 0.05) is 12.6 Å². The fraction of sp³-hybridized carbons (Fsp3) is 0.842. The number of hydrogen-bond acceptors (Lipinski definition) is 13. The first-order chi connectivity index (χ1) is 24.7. The Morgan fingerprint density at radius 3 is 1.68 bits per heavy atom. The lowest BCUT2D eigenvalue weighted by atomic mass is 9.99. The molecule has 15 nitrogen and oxygen atoms in total. The average Bonchev–Trinajstić information content (AvgIpc) is 3.44. The number of carbonyl (C=O) groups excluding carboxylic acids is 3. The van der Waals surface area contributed by atoms with Gasteiger partial charge in [-0.05, 0) is 81.6 Å². The summed E-state index contributed by atoms with van der Waals surface area (Å²) in [7, 11) is 0. The topological polar surface area (TPSA) is 184 Å². The summed E-state index contributed by atoms with van der Waals surface area (Å²) in [5, 5.41) is 17.5. The molecule has 1 fully saturated rings. The standard InChI is InChI=1S/C38H65N3O12/c1-36(2,3)51-31(44)18-21-47-29-26-50-28(25-41-24-27(39-40-41)16-14-12-10-11-13-15-17-30(42)43)34(48-22-19-32(45)52-37(4,5)6)35(29)49-23-20-33(46)53-38(7,8)9/h24,28-29,34-35H,10-23,25-26H2,1-9H3,(H,42,43)/t28-,29+,34-,35-/m1/s1. The predicted octanol–water partition coefficient (Wildman–Crippen LogP) is 5.39. The van der Waals surface area contributed by atoms with Crippen molar-refractivity contribution in [1.29, 1.82) is 0 Å². The first-order valence-electron chi connectivity index (χ1n) is 18.9. The van der Waals surface area contributed by atoms with E-state index in [1.807, 2.05) is 6.20 Å². The second-order valence-electron chi connectivity index (χ2n) is 16.4. The molecule has 1 aromatic rings. The van der Waals surface area contributed by atoms with Gasteiger partial charge < -0.3 is 38.3 Å². The molecule has 0 amide bonds. The van der Waals surface area contributed by atoms with E-state index in [1.54, 1.807) is 67.0 Å². The van der Waals surface area contributed by atoms with Crippen LogP contribution < -0.4 is 0 Å². The monoisotopic (exact) mass is 755 g/mol. The second kappa shape index (κ2) is 22.3. The molecule has 1 aliphatic heterocycles. The van der Waals surface area contributed by atoms with E-state index in [9.17, 15) is 19.2 Å². The molecule has 0 aromatic carbocycles. The van der Waals surface area contributed by atoms with E-state index >= 15 is 0 Å². The summed E-state index contributed by atoms with van der Waals surface area (Å²) in [6.45, 7) is 16.6. The molecule has 2 heterocycles. The lowest BCUT2D eigenvalue weighted by Crippen LogP contribution is -2.57. The van der Waals surface area contributed by atoms with Crippen LogP contribution in [0, 0.1) is 0 Å². The molecule has 0 unspecified atom stereocenters. The van der Waals surface area contributed by atoms with E-state index in [4.69, 9.17) is 38.3 Å². The Bertz CT molecular complexity index is 1260. The number of esters is 3. The average molecular weight is 756 g/mol. The fourth-order valence-electron chi connectivity index (χ4n) is 5.58. The van der Waals surface area contributed by atoms with E-state index in [1.165, 1.54) is 0 Å². The third-order valence-corrected chi connectivity index (χ3v) is 7.69. The van der Waals surface area contributed by atoms with E-state index < -0.39 is 65.1 Å². The largest absolute Gasteiger partial charge is 0.481 e. The molecule has 1 aliphatic rings. The molecule has 0 radical (unpaired) electrons.